The Bertz CT molecular complexity index is 1200. The third kappa shape index (κ3) is 3.29. The Labute approximate surface area is 154 Å². The highest BCUT2D eigenvalue weighted by molar-refractivity contribution is 5.62. The maximum atomic E-state index is 13.2. The summed E-state index contributed by atoms with van der Waals surface area (Å²) in [6, 6.07) is 15.8. The molecule has 1 aliphatic rings. The van der Waals surface area contributed by atoms with Crippen LogP contribution in [0.15, 0.2) is 59.4 Å². The number of nitrogens with zero attached hydrogens (tertiary/aromatic N) is 3. The van der Waals surface area contributed by atoms with E-state index in [0.717, 1.165) is 29.1 Å². The molecule has 2 aromatic carbocycles. The Morgan fingerprint density at radius 1 is 1.04 bits per heavy atom. The lowest BCUT2D eigenvalue weighted by atomic mass is 10.1. The van der Waals surface area contributed by atoms with Crippen LogP contribution in [0, 0.1) is 10.1 Å². The quantitative estimate of drug-likeness (QED) is 0.529. The number of hydrogen-bond donors (Lipinski definition) is 0. The molecule has 1 aliphatic carbocycles. The second kappa shape index (κ2) is 6.99. The van der Waals surface area contributed by atoms with Crippen molar-refractivity contribution in [3.63, 3.8) is 0 Å². The van der Waals surface area contributed by atoms with E-state index in [1.165, 1.54) is 12.1 Å². The lowest BCUT2D eigenvalue weighted by Gasteiger charge is -2.12. The summed E-state index contributed by atoms with van der Waals surface area (Å²) in [6.07, 6.45) is 5.76. The smallest absolute Gasteiger partial charge is 0.277 e. The van der Waals surface area contributed by atoms with Gasteiger partial charge < -0.3 is 4.57 Å². The number of aromatic nitrogens is 2. The summed E-state index contributed by atoms with van der Waals surface area (Å²) >= 11 is 0. The van der Waals surface area contributed by atoms with Crippen LogP contribution >= 0.6 is 0 Å². The van der Waals surface area contributed by atoms with Gasteiger partial charge in [-0.15, -0.1) is 0 Å². The molecule has 0 aliphatic heterocycles. The van der Waals surface area contributed by atoms with Crippen molar-refractivity contribution in [2.45, 2.75) is 19.4 Å². The second-order valence-corrected chi connectivity index (χ2v) is 6.40. The summed E-state index contributed by atoms with van der Waals surface area (Å²) in [6.45, 7) is 0.427. The van der Waals surface area contributed by atoms with Gasteiger partial charge in [0.25, 0.3) is 11.2 Å². The van der Waals surface area contributed by atoms with E-state index in [1.54, 1.807) is 16.7 Å². The minimum atomic E-state index is -0.468. The molecule has 0 atom stereocenters. The molecule has 0 amide bonds. The summed E-state index contributed by atoms with van der Waals surface area (Å²) in [5.74, 6) is 0. The third-order valence-electron chi connectivity index (χ3n) is 4.59. The van der Waals surface area contributed by atoms with Gasteiger partial charge in [-0.05, 0) is 18.4 Å². The monoisotopic (exact) mass is 359 g/mol. The van der Waals surface area contributed by atoms with Crippen LogP contribution in [0.4, 0.5) is 5.69 Å². The van der Waals surface area contributed by atoms with E-state index in [0.29, 0.717) is 12.1 Å². The second-order valence-electron chi connectivity index (χ2n) is 6.40. The number of nitro groups is 1. The summed E-state index contributed by atoms with van der Waals surface area (Å²) in [5, 5.41) is 12.7. The summed E-state index contributed by atoms with van der Waals surface area (Å²) in [5.41, 5.74) is 1.40. The molecular formula is C21H17N3O3. The van der Waals surface area contributed by atoms with Crippen LogP contribution in [0.2, 0.25) is 0 Å². The highest BCUT2D eigenvalue weighted by atomic mass is 16.6. The average molecular weight is 359 g/mol. The first-order valence-corrected chi connectivity index (χ1v) is 8.73. The molecule has 1 aromatic heterocycles. The van der Waals surface area contributed by atoms with E-state index < -0.39 is 4.92 Å². The van der Waals surface area contributed by atoms with Crippen LogP contribution in [0.3, 0.4) is 0 Å². The average Bonchev–Trinajstić information content (AvgIpc) is 2.71. The fourth-order valence-corrected chi connectivity index (χ4v) is 3.28. The molecule has 0 saturated carbocycles. The topological polar surface area (TPSA) is 78.0 Å². The molecule has 134 valence electrons. The third-order valence-corrected chi connectivity index (χ3v) is 4.59. The van der Waals surface area contributed by atoms with Gasteiger partial charge in [0.1, 0.15) is 5.69 Å². The van der Waals surface area contributed by atoms with Gasteiger partial charge in [0.2, 0.25) is 0 Å². The maximum Gasteiger partial charge on any atom is 0.277 e. The number of rotatable bonds is 4. The van der Waals surface area contributed by atoms with Crippen LogP contribution in [-0.2, 0) is 6.54 Å². The Morgan fingerprint density at radius 3 is 2.59 bits per heavy atom. The standard InChI is InChI=1S/C21H17N3O3/c25-21-20(16-9-6-10-17(13-16)24(26)27)22-18-11-4-5-12-19(18)23(21)14-15-7-2-1-3-8-15/h1-3,6-13H,4-5,14H2. The molecule has 0 fully saturated rings. The molecule has 0 unspecified atom stereocenters. The molecule has 6 nitrogen and oxygen atoms in total. The maximum absolute atomic E-state index is 13.2. The van der Waals surface area contributed by atoms with Crippen molar-refractivity contribution < 1.29 is 4.92 Å². The van der Waals surface area contributed by atoms with Crippen molar-refractivity contribution in [1.29, 1.82) is 0 Å². The first-order chi connectivity index (χ1) is 13.1. The van der Waals surface area contributed by atoms with Gasteiger partial charge in [-0.2, -0.15) is 0 Å². The van der Waals surface area contributed by atoms with Gasteiger partial charge in [0.15, 0.2) is 0 Å². The van der Waals surface area contributed by atoms with Crippen molar-refractivity contribution in [3.05, 3.63) is 91.3 Å². The molecule has 0 spiro atoms. The SMILES string of the molecule is O=c1c(-c2cccc([N+](=O)[O-])c2)nc2c(n1Cc1ccccc1)=CCCC=2. The minimum Gasteiger partial charge on any atom is -0.301 e. The van der Waals surface area contributed by atoms with E-state index in [9.17, 15) is 14.9 Å². The lowest BCUT2D eigenvalue weighted by Crippen LogP contribution is -2.47. The van der Waals surface area contributed by atoms with Crippen molar-refractivity contribution in [1.82, 2.24) is 9.55 Å². The molecule has 1 heterocycles. The number of benzene rings is 2. The predicted octanol–water partition coefficient (Wildman–Crippen LogP) is 2.22. The van der Waals surface area contributed by atoms with E-state index in [1.807, 2.05) is 42.5 Å². The molecule has 6 heteroatoms. The van der Waals surface area contributed by atoms with Gasteiger partial charge in [-0.1, -0.05) is 54.6 Å². The minimum absolute atomic E-state index is 0.0587. The Hall–Kier alpha value is -3.54. The molecular weight excluding hydrogens is 342 g/mol. The van der Waals surface area contributed by atoms with Crippen molar-refractivity contribution in [3.8, 4) is 11.3 Å². The van der Waals surface area contributed by atoms with E-state index in [4.69, 9.17) is 0 Å². The van der Waals surface area contributed by atoms with Crippen LogP contribution in [0.5, 0.6) is 0 Å². The first kappa shape index (κ1) is 16.9. The number of non-ortho nitro benzene ring substituents is 1. The summed E-state index contributed by atoms with van der Waals surface area (Å²) in [7, 11) is 0. The summed E-state index contributed by atoms with van der Waals surface area (Å²) < 4.78 is 1.71. The van der Waals surface area contributed by atoms with Gasteiger partial charge in [0.05, 0.1) is 22.2 Å². The molecule has 0 bridgehead atoms. The Kier molecular flexibility index (Phi) is 4.38. The number of hydrogen-bond acceptors (Lipinski definition) is 4. The molecule has 27 heavy (non-hydrogen) atoms. The Morgan fingerprint density at radius 2 is 1.81 bits per heavy atom. The zero-order valence-corrected chi connectivity index (χ0v) is 14.5. The van der Waals surface area contributed by atoms with Gasteiger partial charge in [-0.3, -0.25) is 14.9 Å². The van der Waals surface area contributed by atoms with Crippen molar-refractivity contribution >= 4 is 17.8 Å². The number of fused-ring (bicyclic) bond motifs is 1. The van der Waals surface area contributed by atoms with Crippen molar-refractivity contribution in [2.75, 3.05) is 0 Å². The molecule has 3 aromatic rings. The van der Waals surface area contributed by atoms with Crippen LogP contribution in [-0.4, -0.2) is 14.5 Å². The highest BCUT2D eigenvalue weighted by Gasteiger charge is 2.15. The van der Waals surface area contributed by atoms with E-state index in [-0.39, 0.29) is 16.9 Å². The van der Waals surface area contributed by atoms with Gasteiger partial charge in [-0.25, -0.2) is 4.98 Å². The van der Waals surface area contributed by atoms with Crippen LogP contribution in [0.25, 0.3) is 23.4 Å². The highest BCUT2D eigenvalue weighted by Crippen LogP contribution is 2.19. The number of nitro benzene ring substituents is 1. The predicted molar refractivity (Wildman–Crippen MR) is 104 cm³/mol. The fraction of sp³-hybridized carbons (Fsp3) is 0.143. The largest absolute Gasteiger partial charge is 0.301 e. The molecule has 0 N–H and O–H groups in total. The molecule has 0 radical (unpaired) electrons. The van der Waals surface area contributed by atoms with Crippen LogP contribution < -0.4 is 16.3 Å². The van der Waals surface area contributed by atoms with Crippen LogP contribution in [0.1, 0.15) is 18.4 Å². The van der Waals surface area contributed by atoms with Crippen molar-refractivity contribution in [2.24, 2.45) is 0 Å². The zero-order chi connectivity index (χ0) is 18.8. The Balaban J connectivity index is 1.95. The molecule has 4 rings (SSSR count). The van der Waals surface area contributed by atoms with E-state index in [2.05, 4.69) is 4.98 Å². The summed E-state index contributed by atoms with van der Waals surface area (Å²) in [4.78, 5) is 28.4. The first-order valence-electron chi connectivity index (χ1n) is 8.73. The van der Waals surface area contributed by atoms with Gasteiger partial charge in [0, 0.05) is 17.7 Å². The lowest BCUT2D eigenvalue weighted by molar-refractivity contribution is -0.384. The van der Waals surface area contributed by atoms with Gasteiger partial charge >= 0.3 is 0 Å². The normalized spacial score (nSPS) is 12.6. The van der Waals surface area contributed by atoms with E-state index >= 15 is 0 Å². The zero-order valence-electron chi connectivity index (χ0n) is 14.5. The molecule has 0 saturated heterocycles. The fourth-order valence-electron chi connectivity index (χ4n) is 3.28.